The third-order valence-electron chi connectivity index (χ3n) is 4.38. The van der Waals surface area contributed by atoms with Gasteiger partial charge in [-0.1, -0.05) is 33.1 Å². The molecule has 0 unspecified atom stereocenters. The van der Waals surface area contributed by atoms with Crippen LogP contribution in [0, 0.1) is 0 Å². The molecule has 2 rings (SSSR count). The zero-order valence-corrected chi connectivity index (χ0v) is 14.7. The summed E-state index contributed by atoms with van der Waals surface area (Å²) in [6.45, 7) is 6.00. The Morgan fingerprint density at radius 1 is 1.17 bits per heavy atom. The van der Waals surface area contributed by atoms with Crippen LogP contribution in [0.25, 0.3) is 0 Å². The summed E-state index contributed by atoms with van der Waals surface area (Å²) < 4.78 is 1.23. The minimum absolute atomic E-state index is 0.123. The molecule has 1 saturated heterocycles. The molecule has 1 aliphatic rings. The van der Waals surface area contributed by atoms with Crippen molar-refractivity contribution < 1.29 is 5.11 Å². The molecule has 0 saturated carbocycles. The van der Waals surface area contributed by atoms with Crippen molar-refractivity contribution in [2.45, 2.75) is 65.3 Å². The van der Waals surface area contributed by atoms with Gasteiger partial charge in [0.1, 0.15) is 5.56 Å². The first-order valence-electron chi connectivity index (χ1n) is 8.97. The Morgan fingerprint density at radius 2 is 1.83 bits per heavy atom. The van der Waals surface area contributed by atoms with E-state index >= 15 is 0 Å². The molecule has 1 fully saturated rings. The average Bonchev–Trinajstić information content (AvgIpc) is 2.82. The Kier molecular flexibility index (Phi) is 6.63. The van der Waals surface area contributed by atoms with E-state index in [1.165, 1.54) is 17.4 Å². The summed E-state index contributed by atoms with van der Waals surface area (Å²) in [6.07, 6.45) is 6.71. The second kappa shape index (κ2) is 8.70. The quantitative estimate of drug-likeness (QED) is 0.778. The molecule has 1 aliphatic heterocycles. The SMILES string of the molecule is CCCCn1c(O)c(C(CC)=NN2CCCCCC2)c(=O)[nH]c1=O. The number of hydrazone groups is 1. The Bertz CT molecular complexity index is 682. The van der Waals surface area contributed by atoms with Gasteiger partial charge in [0.05, 0.1) is 5.71 Å². The van der Waals surface area contributed by atoms with Crippen molar-refractivity contribution >= 4 is 5.71 Å². The molecule has 1 aromatic heterocycles. The van der Waals surface area contributed by atoms with Crippen molar-refractivity contribution in [3.63, 3.8) is 0 Å². The normalized spacial score (nSPS) is 16.2. The zero-order chi connectivity index (χ0) is 17.5. The van der Waals surface area contributed by atoms with Crippen LogP contribution in [0.1, 0.15) is 64.4 Å². The molecule has 0 aliphatic carbocycles. The molecule has 0 amide bonds. The van der Waals surface area contributed by atoms with Crippen LogP contribution in [0.2, 0.25) is 0 Å². The van der Waals surface area contributed by atoms with E-state index in [0.29, 0.717) is 18.7 Å². The van der Waals surface area contributed by atoms with Crippen molar-refractivity contribution in [1.82, 2.24) is 14.6 Å². The third kappa shape index (κ3) is 4.27. The van der Waals surface area contributed by atoms with Gasteiger partial charge in [0.2, 0.25) is 5.88 Å². The summed E-state index contributed by atoms with van der Waals surface area (Å²) in [5, 5.41) is 17.1. The molecule has 0 spiro atoms. The Balaban J connectivity index is 2.43. The van der Waals surface area contributed by atoms with E-state index < -0.39 is 11.2 Å². The first-order chi connectivity index (χ1) is 11.6. The number of hydrogen-bond donors (Lipinski definition) is 2. The smallest absolute Gasteiger partial charge is 0.331 e. The monoisotopic (exact) mass is 336 g/mol. The van der Waals surface area contributed by atoms with Crippen LogP contribution in [-0.2, 0) is 6.54 Å². The maximum absolute atomic E-state index is 12.3. The summed E-state index contributed by atoms with van der Waals surface area (Å²) in [6, 6.07) is 0. The van der Waals surface area contributed by atoms with Crippen molar-refractivity contribution in [2.24, 2.45) is 5.10 Å². The van der Waals surface area contributed by atoms with Gasteiger partial charge in [-0.15, -0.1) is 0 Å². The van der Waals surface area contributed by atoms with Gasteiger partial charge in [0.25, 0.3) is 5.56 Å². The van der Waals surface area contributed by atoms with E-state index in [0.717, 1.165) is 38.8 Å². The number of rotatable bonds is 6. The molecule has 0 radical (unpaired) electrons. The predicted molar refractivity (Wildman–Crippen MR) is 94.8 cm³/mol. The highest BCUT2D eigenvalue weighted by Gasteiger charge is 2.19. The minimum atomic E-state index is -0.570. The van der Waals surface area contributed by atoms with Crippen molar-refractivity contribution in [2.75, 3.05) is 13.1 Å². The number of nitrogens with one attached hydrogen (secondary N) is 1. The summed E-state index contributed by atoms with van der Waals surface area (Å²) >= 11 is 0. The lowest BCUT2D eigenvalue weighted by atomic mass is 10.1. The second-order valence-electron chi connectivity index (χ2n) is 6.23. The summed E-state index contributed by atoms with van der Waals surface area (Å²) in [5.41, 5.74) is -0.487. The fourth-order valence-corrected chi connectivity index (χ4v) is 2.97. The molecule has 0 bridgehead atoms. The first-order valence-corrected chi connectivity index (χ1v) is 8.97. The van der Waals surface area contributed by atoms with Crippen molar-refractivity contribution in [1.29, 1.82) is 0 Å². The van der Waals surface area contributed by atoms with Gasteiger partial charge in [-0.05, 0) is 25.7 Å². The topological polar surface area (TPSA) is 90.7 Å². The fourth-order valence-electron chi connectivity index (χ4n) is 2.97. The van der Waals surface area contributed by atoms with E-state index in [1.807, 2.05) is 18.9 Å². The first kappa shape index (κ1) is 18.3. The predicted octanol–water partition coefficient (Wildman–Crippen LogP) is 2.03. The van der Waals surface area contributed by atoms with Crippen LogP contribution in [0.15, 0.2) is 14.7 Å². The average molecular weight is 336 g/mol. The lowest BCUT2D eigenvalue weighted by molar-refractivity contribution is 0.300. The van der Waals surface area contributed by atoms with Gasteiger partial charge in [-0.25, -0.2) is 4.79 Å². The minimum Gasteiger partial charge on any atom is -0.494 e. The molecule has 2 N–H and O–H groups in total. The lowest BCUT2D eigenvalue weighted by Crippen LogP contribution is -2.34. The van der Waals surface area contributed by atoms with E-state index in [9.17, 15) is 14.7 Å². The van der Waals surface area contributed by atoms with Crippen LogP contribution in [0.4, 0.5) is 0 Å². The molecular weight excluding hydrogens is 308 g/mol. The number of nitrogens with zero attached hydrogens (tertiary/aromatic N) is 3. The van der Waals surface area contributed by atoms with Crippen LogP contribution >= 0.6 is 0 Å². The van der Waals surface area contributed by atoms with Gasteiger partial charge in [0.15, 0.2) is 0 Å². The largest absolute Gasteiger partial charge is 0.494 e. The zero-order valence-electron chi connectivity index (χ0n) is 14.7. The molecule has 0 aromatic carbocycles. The molecule has 24 heavy (non-hydrogen) atoms. The van der Waals surface area contributed by atoms with Gasteiger partial charge in [0, 0.05) is 19.6 Å². The highest BCUT2D eigenvalue weighted by atomic mass is 16.3. The highest BCUT2D eigenvalue weighted by molar-refractivity contribution is 6.01. The molecular formula is C17H28N4O3. The Hall–Kier alpha value is -2.05. The highest BCUT2D eigenvalue weighted by Crippen LogP contribution is 2.16. The van der Waals surface area contributed by atoms with Crippen molar-refractivity contribution in [3.8, 4) is 5.88 Å². The number of aromatic nitrogens is 2. The standard InChI is InChI=1S/C17H28N4O3/c1-3-5-12-21-16(23)14(15(22)18-17(21)24)13(4-2)19-20-10-8-6-7-9-11-20/h23H,3-12H2,1-2H3,(H,18,22,24). The summed E-state index contributed by atoms with van der Waals surface area (Å²) in [7, 11) is 0. The van der Waals surface area contributed by atoms with Gasteiger partial charge in [-0.3, -0.25) is 19.4 Å². The van der Waals surface area contributed by atoms with Crippen molar-refractivity contribution in [3.05, 3.63) is 26.4 Å². The molecule has 134 valence electrons. The van der Waals surface area contributed by atoms with Gasteiger partial charge < -0.3 is 5.11 Å². The fraction of sp³-hybridized carbons (Fsp3) is 0.706. The van der Waals surface area contributed by atoms with E-state index in [1.54, 1.807) is 0 Å². The molecule has 2 heterocycles. The van der Waals surface area contributed by atoms with E-state index in [2.05, 4.69) is 10.1 Å². The maximum Gasteiger partial charge on any atom is 0.331 e. The van der Waals surface area contributed by atoms with Gasteiger partial charge in [-0.2, -0.15) is 5.10 Å². The molecule has 0 atom stereocenters. The lowest BCUT2D eigenvalue weighted by Gasteiger charge is -2.19. The second-order valence-corrected chi connectivity index (χ2v) is 6.23. The van der Waals surface area contributed by atoms with E-state index in [-0.39, 0.29) is 11.4 Å². The van der Waals surface area contributed by atoms with Gasteiger partial charge >= 0.3 is 5.69 Å². The van der Waals surface area contributed by atoms with Crippen LogP contribution in [0.5, 0.6) is 5.88 Å². The Labute approximate surface area is 142 Å². The number of aromatic hydroxyl groups is 1. The molecule has 1 aromatic rings. The molecule has 7 nitrogen and oxygen atoms in total. The summed E-state index contributed by atoms with van der Waals surface area (Å²) in [4.78, 5) is 26.5. The Morgan fingerprint density at radius 3 is 2.42 bits per heavy atom. The third-order valence-corrected chi connectivity index (χ3v) is 4.38. The number of hydrogen-bond acceptors (Lipinski definition) is 5. The van der Waals surface area contributed by atoms with Crippen LogP contribution in [-0.4, -0.2) is 38.5 Å². The van der Waals surface area contributed by atoms with Crippen LogP contribution < -0.4 is 11.2 Å². The van der Waals surface area contributed by atoms with Crippen LogP contribution in [0.3, 0.4) is 0 Å². The summed E-state index contributed by atoms with van der Waals surface area (Å²) in [5.74, 6) is -0.271. The maximum atomic E-state index is 12.3. The number of aromatic amines is 1. The number of unbranched alkanes of at least 4 members (excludes halogenated alkanes) is 1. The number of H-pyrrole nitrogens is 1. The van der Waals surface area contributed by atoms with E-state index in [4.69, 9.17) is 0 Å². The molecule has 7 heteroatoms.